The number of nitrogen functional groups attached to an aromatic ring is 1. The number of nitrogens with two attached hydrogens (primary N) is 1. The van der Waals surface area contributed by atoms with Crippen molar-refractivity contribution in [3.8, 4) is 28.3 Å². The van der Waals surface area contributed by atoms with Crippen LogP contribution in [0.15, 0.2) is 85.2 Å². The summed E-state index contributed by atoms with van der Waals surface area (Å²) >= 11 is 0. The van der Waals surface area contributed by atoms with Gasteiger partial charge < -0.3 is 15.5 Å². The van der Waals surface area contributed by atoms with Gasteiger partial charge in [-0.1, -0.05) is 36.4 Å². The maximum absolute atomic E-state index is 6.02. The minimum absolute atomic E-state index is 0.494. The molecule has 0 aliphatic rings. The summed E-state index contributed by atoms with van der Waals surface area (Å²) in [6, 6.07) is 24.4. The van der Waals surface area contributed by atoms with Gasteiger partial charge in [0, 0.05) is 46.9 Å². The third kappa shape index (κ3) is 3.73. The number of nitrogens with one attached hydrogen (secondary N) is 2. The molecule has 0 atom stereocenters. The summed E-state index contributed by atoms with van der Waals surface area (Å²) in [6.45, 7) is 0.568. The molecule has 0 unspecified atom stereocenters. The zero-order valence-corrected chi connectivity index (χ0v) is 18.3. The molecule has 4 aromatic heterocycles. The van der Waals surface area contributed by atoms with Crippen LogP contribution in [-0.4, -0.2) is 31.8 Å². The number of benzene rings is 2. The predicted octanol–water partition coefficient (Wildman–Crippen LogP) is 5.37. The van der Waals surface area contributed by atoms with Crippen molar-refractivity contribution in [1.29, 1.82) is 0 Å². The van der Waals surface area contributed by atoms with Crippen molar-refractivity contribution in [2.75, 3.05) is 12.3 Å². The molecule has 6 rings (SSSR count). The number of pyridine rings is 2. The molecule has 0 spiro atoms. The van der Waals surface area contributed by atoms with E-state index in [4.69, 9.17) is 10.5 Å². The zero-order chi connectivity index (χ0) is 22.9. The number of nitrogens with zero attached hydrogens (tertiary/aromatic N) is 3. The predicted molar refractivity (Wildman–Crippen MR) is 134 cm³/mol. The number of hydrogen-bond acceptors (Lipinski definition) is 5. The van der Waals surface area contributed by atoms with Gasteiger partial charge in [-0.05, 0) is 47.0 Å². The second kappa shape index (κ2) is 8.37. The smallest absolute Gasteiger partial charge is 0.213 e. The first-order valence-electron chi connectivity index (χ1n) is 11.1. The number of aromatic amines is 2. The van der Waals surface area contributed by atoms with Crippen molar-refractivity contribution in [1.82, 2.24) is 25.1 Å². The van der Waals surface area contributed by atoms with E-state index in [0.717, 1.165) is 50.7 Å². The minimum atomic E-state index is 0.494. The molecule has 7 nitrogen and oxygen atoms in total. The standard InChI is InChI=1S/C27H22N6O/c28-26-22-14-18(6-7-23(22)32-33-26)20-9-12-30-27-21(20)16-24(31-27)19-8-11-29-25(15-19)34-13-10-17-4-2-1-3-5-17/h1-9,11-12,14-16H,10,13H2,(H,30,31)(H3,28,32,33). The van der Waals surface area contributed by atoms with Crippen molar-refractivity contribution < 1.29 is 4.74 Å². The van der Waals surface area contributed by atoms with Gasteiger partial charge in [-0.2, -0.15) is 5.10 Å². The number of hydrogen-bond donors (Lipinski definition) is 3. The number of H-pyrrole nitrogens is 2. The van der Waals surface area contributed by atoms with Crippen LogP contribution in [0.1, 0.15) is 5.56 Å². The molecule has 0 aliphatic heterocycles. The van der Waals surface area contributed by atoms with Crippen LogP contribution in [0, 0.1) is 0 Å². The summed E-state index contributed by atoms with van der Waals surface area (Å²) in [6.07, 6.45) is 4.41. The van der Waals surface area contributed by atoms with E-state index in [9.17, 15) is 0 Å². The van der Waals surface area contributed by atoms with E-state index < -0.39 is 0 Å². The normalized spacial score (nSPS) is 11.3. The molecule has 4 heterocycles. The van der Waals surface area contributed by atoms with Gasteiger partial charge in [0.2, 0.25) is 5.88 Å². The van der Waals surface area contributed by atoms with E-state index in [1.807, 2.05) is 48.7 Å². The van der Waals surface area contributed by atoms with Crippen molar-refractivity contribution in [3.63, 3.8) is 0 Å². The molecule has 0 radical (unpaired) electrons. The Labute approximate surface area is 195 Å². The fourth-order valence-electron chi connectivity index (χ4n) is 4.21. The highest BCUT2D eigenvalue weighted by Crippen LogP contribution is 2.33. The van der Waals surface area contributed by atoms with Gasteiger partial charge in [0.15, 0.2) is 5.82 Å². The highest BCUT2D eigenvalue weighted by atomic mass is 16.5. The van der Waals surface area contributed by atoms with Crippen molar-refractivity contribution in [2.45, 2.75) is 6.42 Å². The number of rotatable bonds is 6. The van der Waals surface area contributed by atoms with E-state index in [1.165, 1.54) is 5.56 Å². The topological polar surface area (TPSA) is 106 Å². The first-order chi connectivity index (χ1) is 16.7. The second-order valence-electron chi connectivity index (χ2n) is 8.14. The highest BCUT2D eigenvalue weighted by molar-refractivity contribution is 5.99. The van der Waals surface area contributed by atoms with Crippen LogP contribution in [0.3, 0.4) is 0 Å². The molecule has 0 saturated carbocycles. The molecule has 2 aromatic carbocycles. The summed E-state index contributed by atoms with van der Waals surface area (Å²) < 4.78 is 5.92. The van der Waals surface area contributed by atoms with Crippen molar-refractivity contribution >= 4 is 27.8 Å². The van der Waals surface area contributed by atoms with Crippen LogP contribution in [0.2, 0.25) is 0 Å². The van der Waals surface area contributed by atoms with Crippen LogP contribution in [-0.2, 0) is 6.42 Å². The lowest BCUT2D eigenvalue weighted by Crippen LogP contribution is -2.02. The van der Waals surface area contributed by atoms with Gasteiger partial charge >= 0.3 is 0 Å². The Bertz CT molecular complexity index is 1600. The monoisotopic (exact) mass is 446 g/mol. The number of anilines is 1. The number of ether oxygens (including phenoxy) is 1. The van der Waals surface area contributed by atoms with Crippen LogP contribution in [0.5, 0.6) is 5.88 Å². The van der Waals surface area contributed by atoms with Gasteiger partial charge in [0.1, 0.15) is 5.65 Å². The molecule has 4 N–H and O–H groups in total. The Morgan fingerprint density at radius 1 is 0.824 bits per heavy atom. The second-order valence-corrected chi connectivity index (χ2v) is 8.14. The summed E-state index contributed by atoms with van der Waals surface area (Å²) in [5.74, 6) is 1.09. The summed E-state index contributed by atoms with van der Waals surface area (Å²) in [7, 11) is 0. The maximum Gasteiger partial charge on any atom is 0.213 e. The average molecular weight is 447 g/mol. The molecule has 7 heteroatoms. The van der Waals surface area contributed by atoms with E-state index in [1.54, 1.807) is 6.20 Å². The van der Waals surface area contributed by atoms with E-state index in [-0.39, 0.29) is 0 Å². The first kappa shape index (κ1) is 20.0. The fourth-order valence-corrected chi connectivity index (χ4v) is 4.21. The van der Waals surface area contributed by atoms with Crippen LogP contribution in [0.25, 0.3) is 44.3 Å². The van der Waals surface area contributed by atoms with Crippen molar-refractivity contribution in [2.24, 2.45) is 0 Å². The molecular weight excluding hydrogens is 424 g/mol. The third-order valence-corrected chi connectivity index (χ3v) is 5.96. The fraction of sp³-hybridized carbons (Fsp3) is 0.0741. The lowest BCUT2D eigenvalue weighted by molar-refractivity contribution is 0.309. The van der Waals surface area contributed by atoms with Gasteiger partial charge in [-0.15, -0.1) is 0 Å². The molecule has 0 fully saturated rings. The minimum Gasteiger partial charge on any atom is -0.477 e. The molecule has 6 aromatic rings. The van der Waals surface area contributed by atoms with Gasteiger partial charge in [-0.3, -0.25) is 5.10 Å². The number of aromatic nitrogens is 5. The van der Waals surface area contributed by atoms with E-state index >= 15 is 0 Å². The molecule has 166 valence electrons. The molecule has 0 aliphatic carbocycles. The Morgan fingerprint density at radius 3 is 2.62 bits per heavy atom. The summed E-state index contributed by atoms with van der Waals surface area (Å²) in [4.78, 5) is 12.4. The lowest BCUT2D eigenvalue weighted by Gasteiger charge is -2.06. The van der Waals surface area contributed by atoms with Crippen LogP contribution in [0.4, 0.5) is 5.82 Å². The maximum atomic E-state index is 6.02. The summed E-state index contributed by atoms with van der Waals surface area (Å²) in [5.41, 5.74) is 13.1. The molecule has 0 saturated heterocycles. The quantitative estimate of drug-likeness (QED) is 0.319. The zero-order valence-electron chi connectivity index (χ0n) is 18.3. The molecule has 0 amide bonds. The van der Waals surface area contributed by atoms with Gasteiger partial charge in [0.05, 0.1) is 12.1 Å². The summed E-state index contributed by atoms with van der Waals surface area (Å²) in [5, 5.41) is 8.98. The number of fused-ring (bicyclic) bond motifs is 2. The Balaban J connectivity index is 1.30. The Kier molecular flexibility index (Phi) is 4.92. The van der Waals surface area contributed by atoms with Gasteiger partial charge in [0.25, 0.3) is 0 Å². The third-order valence-electron chi connectivity index (χ3n) is 5.96. The Morgan fingerprint density at radius 2 is 1.71 bits per heavy atom. The molecule has 34 heavy (non-hydrogen) atoms. The van der Waals surface area contributed by atoms with Crippen molar-refractivity contribution in [3.05, 3.63) is 90.8 Å². The highest BCUT2D eigenvalue weighted by Gasteiger charge is 2.12. The first-order valence-corrected chi connectivity index (χ1v) is 11.1. The van der Waals surface area contributed by atoms with Crippen LogP contribution >= 0.6 is 0 Å². The molecular formula is C27H22N6O. The van der Waals surface area contributed by atoms with Crippen LogP contribution < -0.4 is 10.5 Å². The average Bonchev–Trinajstić information content (AvgIpc) is 3.48. The van der Waals surface area contributed by atoms with Gasteiger partial charge in [-0.25, -0.2) is 9.97 Å². The Hall–Kier alpha value is -4.65. The SMILES string of the molecule is Nc1n[nH]c2ccc(-c3ccnc4[nH]c(-c5ccnc(OCCc6ccccc6)c5)cc34)cc12. The lowest BCUT2D eigenvalue weighted by atomic mass is 10.0. The van der Waals surface area contributed by atoms with E-state index in [2.05, 4.69) is 55.5 Å². The largest absolute Gasteiger partial charge is 0.477 e. The molecule has 0 bridgehead atoms. The van der Waals surface area contributed by atoms with E-state index in [0.29, 0.717) is 18.3 Å².